The summed E-state index contributed by atoms with van der Waals surface area (Å²) >= 11 is 0. The fourth-order valence-electron chi connectivity index (χ4n) is 1.75. The summed E-state index contributed by atoms with van der Waals surface area (Å²) in [5.74, 6) is 0. The normalized spacial score (nSPS) is 20.3. The first-order valence-corrected chi connectivity index (χ1v) is 5.36. The molecule has 0 bridgehead atoms. The minimum Gasteiger partial charge on any atom is -0.393 e. The molecule has 1 aliphatic carbocycles. The van der Waals surface area contributed by atoms with Crippen LogP contribution >= 0.6 is 0 Å². The zero-order valence-electron chi connectivity index (χ0n) is 8.58. The number of nitrogens with two attached hydrogens (primary N) is 1. The highest BCUT2D eigenvalue weighted by molar-refractivity contribution is 4.80. The maximum Gasteiger partial charge on any atom is 0.0524 e. The summed E-state index contributed by atoms with van der Waals surface area (Å²) in [6.45, 7) is 4.56. The third kappa shape index (κ3) is 3.63. The minimum absolute atomic E-state index is 0.180. The molecule has 0 amide bonds. The van der Waals surface area contributed by atoms with Crippen molar-refractivity contribution in [3.05, 3.63) is 0 Å². The molecule has 1 rings (SSSR count). The van der Waals surface area contributed by atoms with Gasteiger partial charge >= 0.3 is 0 Å². The third-order valence-electron chi connectivity index (χ3n) is 2.84. The van der Waals surface area contributed by atoms with Gasteiger partial charge in [0, 0.05) is 25.7 Å². The average Bonchev–Trinajstić information content (AvgIpc) is 1.97. The summed E-state index contributed by atoms with van der Waals surface area (Å²) in [5.41, 5.74) is 5.55. The van der Waals surface area contributed by atoms with Crippen molar-refractivity contribution < 1.29 is 5.11 Å². The van der Waals surface area contributed by atoms with Crippen LogP contribution in [0.15, 0.2) is 0 Å². The van der Waals surface area contributed by atoms with Crippen molar-refractivity contribution in [2.75, 3.05) is 19.6 Å². The first kappa shape index (κ1) is 11.0. The molecule has 0 aromatic carbocycles. The molecule has 3 N–H and O–H groups in total. The lowest BCUT2D eigenvalue weighted by Gasteiger charge is -2.37. The Hall–Kier alpha value is -0.120. The van der Waals surface area contributed by atoms with Gasteiger partial charge in [-0.15, -0.1) is 0 Å². The SMILES string of the molecule is CC(O)CCN(CCN)C1CCC1. The van der Waals surface area contributed by atoms with Crippen molar-refractivity contribution in [2.24, 2.45) is 5.73 Å². The Morgan fingerprint density at radius 3 is 2.54 bits per heavy atom. The van der Waals surface area contributed by atoms with Crippen LogP contribution in [0.1, 0.15) is 32.6 Å². The Morgan fingerprint density at radius 2 is 2.15 bits per heavy atom. The molecule has 78 valence electrons. The molecule has 1 unspecified atom stereocenters. The van der Waals surface area contributed by atoms with Crippen LogP contribution in [0.2, 0.25) is 0 Å². The molecule has 1 saturated carbocycles. The van der Waals surface area contributed by atoms with Crippen molar-refractivity contribution in [1.29, 1.82) is 0 Å². The molecule has 0 aromatic heterocycles. The topological polar surface area (TPSA) is 49.5 Å². The van der Waals surface area contributed by atoms with Gasteiger partial charge < -0.3 is 10.8 Å². The highest BCUT2D eigenvalue weighted by atomic mass is 16.3. The zero-order chi connectivity index (χ0) is 9.68. The van der Waals surface area contributed by atoms with Gasteiger partial charge in [-0.2, -0.15) is 0 Å². The minimum atomic E-state index is -0.180. The highest BCUT2D eigenvalue weighted by Crippen LogP contribution is 2.24. The molecule has 0 radical (unpaired) electrons. The molecule has 1 fully saturated rings. The van der Waals surface area contributed by atoms with E-state index >= 15 is 0 Å². The second-order valence-electron chi connectivity index (χ2n) is 4.05. The molecule has 3 nitrogen and oxygen atoms in total. The largest absolute Gasteiger partial charge is 0.393 e. The Balaban J connectivity index is 2.20. The fourth-order valence-corrected chi connectivity index (χ4v) is 1.75. The standard InChI is InChI=1S/C10H22N2O/c1-9(13)5-7-12(8-6-11)10-3-2-4-10/h9-10,13H,2-8,11H2,1H3. The van der Waals surface area contributed by atoms with E-state index in [2.05, 4.69) is 4.90 Å². The summed E-state index contributed by atoms with van der Waals surface area (Å²) in [6.07, 6.45) is 4.69. The van der Waals surface area contributed by atoms with E-state index in [1.165, 1.54) is 19.3 Å². The Bertz CT molecular complexity index is 135. The maximum absolute atomic E-state index is 9.18. The quantitative estimate of drug-likeness (QED) is 0.637. The van der Waals surface area contributed by atoms with Gasteiger partial charge in [0.1, 0.15) is 0 Å². The molecule has 13 heavy (non-hydrogen) atoms. The van der Waals surface area contributed by atoms with Gasteiger partial charge in [0.05, 0.1) is 6.10 Å². The van der Waals surface area contributed by atoms with Crippen LogP contribution in [0.4, 0.5) is 0 Å². The molecule has 1 atom stereocenters. The van der Waals surface area contributed by atoms with Crippen molar-refractivity contribution in [3.8, 4) is 0 Å². The molecule has 0 heterocycles. The van der Waals surface area contributed by atoms with Crippen LogP contribution < -0.4 is 5.73 Å². The van der Waals surface area contributed by atoms with Crippen LogP contribution in [0.3, 0.4) is 0 Å². The van der Waals surface area contributed by atoms with E-state index in [0.29, 0.717) is 0 Å². The van der Waals surface area contributed by atoms with E-state index < -0.39 is 0 Å². The number of rotatable bonds is 6. The van der Waals surface area contributed by atoms with E-state index in [0.717, 1.165) is 32.1 Å². The fraction of sp³-hybridized carbons (Fsp3) is 1.00. The Kier molecular flexibility index (Phi) is 4.70. The number of hydrogen-bond acceptors (Lipinski definition) is 3. The summed E-state index contributed by atoms with van der Waals surface area (Å²) in [4.78, 5) is 2.43. The molecular formula is C10H22N2O. The van der Waals surface area contributed by atoms with Crippen LogP contribution in [0.25, 0.3) is 0 Å². The van der Waals surface area contributed by atoms with Crippen LogP contribution in [0, 0.1) is 0 Å². The monoisotopic (exact) mass is 186 g/mol. The van der Waals surface area contributed by atoms with Crippen LogP contribution in [0.5, 0.6) is 0 Å². The van der Waals surface area contributed by atoms with Gasteiger partial charge in [-0.25, -0.2) is 0 Å². The molecular weight excluding hydrogens is 164 g/mol. The third-order valence-corrected chi connectivity index (χ3v) is 2.84. The number of nitrogens with zero attached hydrogens (tertiary/aromatic N) is 1. The molecule has 1 aliphatic rings. The highest BCUT2D eigenvalue weighted by Gasteiger charge is 2.23. The second-order valence-corrected chi connectivity index (χ2v) is 4.05. The predicted molar refractivity (Wildman–Crippen MR) is 54.6 cm³/mol. The van der Waals surface area contributed by atoms with E-state index in [4.69, 9.17) is 5.73 Å². The average molecular weight is 186 g/mol. The smallest absolute Gasteiger partial charge is 0.0524 e. The maximum atomic E-state index is 9.18. The van der Waals surface area contributed by atoms with E-state index in [1.54, 1.807) is 0 Å². The number of aliphatic hydroxyl groups excluding tert-OH is 1. The van der Waals surface area contributed by atoms with Crippen molar-refractivity contribution in [2.45, 2.75) is 44.8 Å². The van der Waals surface area contributed by atoms with E-state index in [9.17, 15) is 5.11 Å². The first-order chi connectivity index (χ1) is 6.24. The lowest BCUT2D eigenvalue weighted by atomic mass is 9.91. The molecule has 3 heteroatoms. The van der Waals surface area contributed by atoms with Gasteiger partial charge in [-0.3, -0.25) is 4.90 Å². The number of aliphatic hydroxyl groups is 1. The Morgan fingerprint density at radius 1 is 1.46 bits per heavy atom. The first-order valence-electron chi connectivity index (χ1n) is 5.36. The van der Waals surface area contributed by atoms with Gasteiger partial charge in [0.2, 0.25) is 0 Å². The van der Waals surface area contributed by atoms with E-state index in [-0.39, 0.29) is 6.10 Å². The summed E-state index contributed by atoms with van der Waals surface area (Å²) in [7, 11) is 0. The Labute approximate surface area is 80.9 Å². The molecule has 0 spiro atoms. The van der Waals surface area contributed by atoms with Crippen molar-refractivity contribution in [1.82, 2.24) is 4.90 Å². The zero-order valence-corrected chi connectivity index (χ0v) is 8.58. The van der Waals surface area contributed by atoms with Crippen LogP contribution in [-0.2, 0) is 0 Å². The summed E-state index contributed by atoms with van der Waals surface area (Å²) in [6, 6.07) is 0.752. The summed E-state index contributed by atoms with van der Waals surface area (Å²) < 4.78 is 0. The molecule has 0 aromatic rings. The van der Waals surface area contributed by atoms with Gasteiger partial charge in [-0.05, 0) is 26.2 Å². The molecule has 0 saturated heterocycles. The van der Waals surface area contributed by atoms with Gasteiger partial charge in [-0.1, -0.05) is 6.42 Å². The molecule has 0 aliphatic heterocycles. The van der Waals surface area contributed by atoms with Crippen LogP contribution in [-0.4, -0.2) is 41.8 Å². The van der Waals surface area contributed by atoms with Crippen molar-refractivity contribution in [3.63, 3.8) is 0 Å². The lowest BCUT2D eigenvalue weighted by molar-refractivity contribution is 0.101. The van der Waals surface area contributed by atoms with E-state index in [1.807, 2.05) is 6.92 Å². The number of hydrogen-bond donors (Lipinski definition) is 2. The van der Waals surface area contributed by atoms with Gasteiger partial charge in [0.15, 0.2) is 0 Å². The summed E-state index contributed by atoms with van der Waals surface area (Å²) in [5, 5.41) is 9.18. The second kappa shape index (κ2) is 5.58. The van der Waals surface area contributed by atoms with Gasteiger partial charge in [0.25, 0.3) is 0 Å². The van der Waals surface area contributed by atoms with Crippen molar-refractivity contribution >= 4 is 0 Å². The predicted octanol–water partition coefficient (Wildman–Crippen LogP) is 0.570. The lowest BCUT2D eigenvalue weighted by Crippen LogP contribution is -2.43.